The van der Waals surface area contributed by atoms with Gasteiger partial charge < -0.3 is 0 Å². The van der Waals surface area contributed by atoms with E-state index in [0.717, 1.165) is 6.42 Å². The molecule has 8 heteroatoms. The van der Waals surface area contributed by atoms with E-state index >= 15 is 0 Å². The zero-order valence-electron chi connectivity index (χ0n) is 15.2. The van der Waals surface area contributed by atoms with Gasteiger partial charge in [0.1, 0.15) is 0 Å². The van der Waals surface area contributed by atoms with Crippen molar-refractivity contribution in [2.24, 2.45) is 0 Å². The summed E-state index contributed by atoms with van der Waals surface area (Å²) in [4.78, 5) is 12.6. The van der Waals surface area contributed by atoms with Crippen molar-refractivity contribution in [3.05, 3.63) is 70.3 Å². The number of hydrogen-bond donors (Lipinski definition) is 0. The minimum atomic E-state index is -3.89. The molecule has 1 unspecified atom stereocenters. The number of sulfonamides is 1. The van der Waals surface area contributed by atoms with Crippen LogP contribution in [0.25, 0.3) is 0 Å². The second-order valence-corrected chi connectivity index (χ2v) is 8.41. The summed E-state index contributed by atoms with van der Waals surface area (Å²) in [5, 5.41) is 11.2. The number of benzene rings is 2. The van der Waals surface area contributed by atoms with Gasteiger partial charge >= 0.3 is 0 Å². The normalized spacial score (nSPS) is 17.5. The van der Waals surface area contributed by atoms with Crippen LogP contribution in [0.15, 0.2) is 59.5 Å². The highest BCUT2D eigenvalue weighted by molar-refractivity contribution is 7.89. The van der Waals surface area contributed by atoms with Gasteiger partial charge in [0.2, 0.25) is 10.0 Å². The van der Waals surface area contributed by atoms with Crippen molar-refractivity contribution in [2.45, 2.75) is 24.3 Å². The molecule has 1 aliphatic heterocycles. The number of rotatable bonds is 6. The summed E-state index contributed by atoms with van der Waals surface area (Å²) in [5.41, 5.74) is 0.839. The average Bonchev–Trinajstić information content (AvgIpc) is 2.70. The Balaban J connectivity index is 1.76. The molecule has 0 bridgehead atoms. The van der Waals surface area contributed by atoms with E-state index in [2.05, 4.69) is 24.0 Å². The van der Waals surface area contributed by atoms with Crippen LogP contribution in [0.4, 0.5) is 5.69 Å². The summed E-state index contributed by atoms with van der Waals surface area (Å²) in [6.45, 7) is 3.93. The fourth-order valence-electron chi connectivity index (χ4n) is 3.60. The highest BCUT2D eigenvalue weighted by Crippen LogP contribution is 2.29. The molecule has 0 radical (unpaired) electrons. The van der Waals surface area contributed by atoms with Crippen LogP contribution < -0.4 is 0 Å². The molecular formula is C19H23N3O4S. The summed E-state index contributed by atoms with van der Waals surface area (Å²) in [6, 6.07) is 15.9. The lowest BCUT2D eigenvalue weighted by molar-refractivity contribution is -0.387. The molecule has 0 spiro atoms. The van der Waals surface area contributed by atoms with Gasteiger partial charge in [-0.2, -0.15) is 4.31 Å². The van der Waals surface area contributed by atoms with Gasteiger partial charge in [-0.25, -0.2) is 8.42 Å². The van der Waals surface area contributed by atoms with E-state index in [4.69, 9.17) is 0 Å². The van der Waals surface area contributed by atoms with Crippen LogP contribution in [0.5, 0.6) is 0 Å². The Labute approximate surface area is 159 Å². The largest absolute Gasteiger partial charge is 0.294 e. The Morgan fingerprint density at radius 2 is 1.59 bits per heavy atom. The van der Waals surface area contributed by atoms with Crippen molar-refractivity contribution in [3.63, 3.8) is 0 Å². The fraction of sp³-hybridized carbons (Fsp3) is 0.368. The molecule has 2 aromatic rings. The summed E-state index contributed by atoms with van der Waals surface area (Å²) >= 11 is 0. The maximum atomic E-state index is 12.9. The lowest BCUT2D eigenvalue weighted by Crippen LogP contribution is -2.49. The highest BCUT2D eigenvalue weighted by atomic mass is 32.2. The van der Waals surface area contributed by atoms with E-state index < -0.39 is 14.9 Å². The highest BCUT2D eigenvalue weighted by Gasteiger charge is 2.34. The van der Waals surface area contributed by atoms with Gasteiger partial charge in [0.05, 0.1) is 4.92 Å². The van der Waals surface area contributed by atoms with Gasteiger partial charge in [0.25, 0.3) is 5.69 Å². The molecule has 2 aromatic carbocycles. The molecule has 0 saturated carbocycles. The molecule has 0 aliphatic carbocycles. The molecule has 1 saturated heterocycles. The average molecular weight is 389 g/mol. The Morgan fingerprint density at radius 3 is 2.19 bits per heavy atom. The number of nitro benzene ring substituents is 1. The Bertz CT molecular complexity index is 894. The summed E-state index contributed by atoms with van der Waals surface area (Å²) in [5.74, 6) is 0. The number of para-hydroxylation sites is 1. The summed E-state index contributed by atoms with van der Waals surface area (Å²) < 4.78 is 27.2. The molecule has 1 atom stereocenters. The Hall–Kier alpha value is -2.29. The van der Waals surface area contributed by atoms with E-state index in [0.29, 0.717) is 26.2 Å². The standard InChI is InChI=1S/C19H23N3O4S/c1-2-17(16-8-4-3-5-9-16)20-12-14-21(15-13-20)27(25,26)19-11-7-6-10-18(19)22(23)24/h3-11,17H,2,12-15H2,1H3. The molecule has 27 heavy (non-hydrogen) atoms. The Morgan fingerprint density at radius 1 is 1.00 bits per heavy atom. The minimum Gasteiger partial charge on any atom is -0.294 e. The van der Waals surface area contributed by atoms with Crippen LogP contribution in [-0.2, 0) is 10.0 Å². The zero-order valence-corrected chi connectivity index (χ0v) is 16.0. The second kappa shape index (κ2) is 8.16. The maximum absolute atomic E-state index is 12.9. The van der Waals surface area contributed by atoms with Crippen molar-refractivity contribution >= 4 is 15.7 Å². The predicted molar refractivity (Wildman–Crippen MR) is 103 cm³/mol. The van der Waals surface area contributed by atoms with E-state index in [9.17, 15) is 18.5 Å². The van der Waals surface area contributed by atoms with Gasteiger partial charge in [-0.3, -0.25) is 15.0 Å². The topological polar surface area (TPSA) is 83.8 Å². The molecule has 144 valence electrons. The van der Waals surface area contributed by atoms with E-state index in [1.54, 1.807) is 0 Å². The SMILES string of the molecule is CCC(c1ccccc1)N1CCN(S(=O)(=O)c2ccccc2[N+](=O)[O-])CC1. The van der Waals surface area contributed by atoms with Crippen molar-refractivity contribution in [3.8, 4) is 0 Å². The lowest BCUT2D eigenvalue weighted by Gasteiger charge is -2.38. The molecule has 7 nitrogen and oxygen atoms in total. The lowest BCUT2D eigenvalue weighted by atomic mass is 10.0. The van der Waals surface area contributed by atoms with Crippen LogP contribution in [0, 0.1) is 10.1 Å². The van der Waals surface area contributed by atoms with Crippen LogP contribution in [0.1, 0.15) is 24.9 Å². The van der Waals surface area contributed by atoms with E-state index in [1.807, 2.05) is 18.2 Å². The number of hydrogen-bond acceptors (Lipinski definition) is 5. The van der Waals surface area contributed by atoms with Crippen LogP contribution in [0.3, 0.4) is 0 Å². The molecule has 0 N–H and O–H groups in total. The smallest absolute Gasteiger partial charge is 0.289 e. The van der Waals surface area contributed by atoms with Crippen molar-refractivity contribution in [1.29, 1.82) is 0 Å². The van der Waals surface area contributed by atoms with Gasteiger partial charge in [-0.05, 0) is 18.1 Å². The number of piperazine rings is 1. The molecule has 1 fully saturated rings. The molecule has 0 aromatic heterocycles. The Kier molecular flexibility index (Phi) is 5.88. The van der Waals surface area contributed by atoms with Crippen LogP contribution in [0.2, 0.25) is 0 Å². The second-order valence-electron chi connectivity index (χ2n) is 6.50. The molecular weight excluding hydrogens is 366 g/mol. The van der Waals surface area contributed by atoms with Crippen LogP contribution in [-0.4, -0.2) is 48.7 Å². The van der Waals surface area contributed by atoms with Crippen LogP contribution >= 0.6 is 0 Å². The molecule has 0 amide bonds. The third-order valence-electron chi connectivity index (χ3n) is 4.96. The summed E-state index contributed by atoms with van der Waals surface area (Å²) in [7, 11) is -3.89. The number of nitro groups is 1. The zero-order chi connectivity index (χ0) is 19.4. The third-order valence-corrected chi connectivity index (χ3v) is 6.91. The monoisotopic (exact) mass is 389 g/mol. The van der Waals surface area contributed by atoms with Crippen molar-refractivity contribution < 1.29 is 13.3 Å². The number of nitrogens with zero attached hydrogens (tertiary/aromatic N) is 3. The van der Waals surface area contributed by atoms with Gasteiger partial charge in [0.15, 0.2) is 4.90 Å². The third kappa shape index (κ3) is 4.02. The van der Waals surface area contributed by atoms with Gasteiger partial charge in [0, 0.05) is 38.3 Å². The molecule has 3 rings (SSSR count). The fourth-order valence-corrected chi connectivity index (χ4v) is 5.18. The minimum absolute atomic E-state index is 0.237. The van der Waals surface area contributed by atoms with Crippen molar-refractivity contribution in [2.75, 3.05) is 26.2 Å². The van der Waals surface area contributed by atoms with Gasteiger partial charge in [-0.1, -0.05) is 49.4 Å². The quantitative estimate of drug-likeness (QED) is 0.560. The first kappa shape index (κ1) is 19.5. The molecule has 1 aliphatic rings. The van der Waals surface area contributed by atoms with Crippen molar-refractivity contribution in [1.82, 2.24) is 9.21 Å². The van der Waals surface area contributed by atoms with E-state index in [1.165, 1.54) is 34.1 Å². The van der Waals surface area contributed by atoms with Gasteiger partial charge in [-0.15, -0.1) is 0 Å². The predicted octanol–water partition coefficient (Wildman–Crippen LogP) is 3.05. The summed E-state index contributed by atoms with van der Waals surface area (Å²) in [6.07, 6.45) is 0.931. The first-order valence-corrected chi connectivity index (χ1v) is 10.4. The van der Waals surface area contributed by atoms with E-state index in [-0.39, 0.29) is 16.6 Å². The molecule has 1 heterocycles. The first-order chi connectivity index (χ1) is 12.9. The first-order valence-electron chi connectivity index (χ1n) is 8.97. The maximum Gasteiger partial charge on any atom is 0.289 e.